The largest absolute Gasteiger partial charge is 0.508 e. The lowest BCUT2D eigenvalue weighted by atomic mass is 9.83. The Bertz CT molecular complexity index is 1240. The molecule has 36 heavy (non-hydrogen) atoms. The maximum absolute atomic E-state index is 13.7. The van der Waals surface area contributed by atoms with Crippen molar-refractivity contribution < 1.29 is 24.2 Å². The predicted octanol–water partition coefficient (Wildman–Crippen LogP) is 3.89. The number of phenols is 1. The molecule has 0 radical (unpaired) electrons. The third-order valence-electron chi connectivity index (χ3n) is 6.73. The molecule has 0 spiro atoms. The highest BCUT2D eigenvalue weighted by atomic mass is 16.5. The standard InChI is InChI=1S/C28H29N3O5/c1-3-35-22-14-10-17(11-15-22)24-23-25(30-29-24)27(33)31(26(23)19-6-5-7-21(32)16-19)20-12-8-18(9-13-20)28(34)36-4-2/h5-16,23-26,29-30,32H,3-4H2,1-2H3. The van der Waals surface area contributed by atoms with Gasteiger partial charge in [-0.2, -0.15) is 0 Å². The van der Waals surface area contributed by atoms with E-state index in [0.717, 1.165) is 16.9 Å². The molecule has 2 fully saturated rings. The first-order chi connectivity index (χ1) is 17.5. The van der Waals surface area contributed by atoms with Crippen LogP contribution in [0.5, 0.6) is 11.5 Å². The summed E-state index contributed by atoms with van der Waals surface area (Å²) in [5.41, 5.74) is 9.47. The Kier molecular flexibility index (Phi) is 6.63. The van der Waals surface area contributed by atoms with Gasteiger partial charge in [-0.1, -0.05) is 24.3 Å². The number of nitrogens with one attached hydrogen (secondary N) is 2. The highest BCUT2D eigenvalue weighted by Gasteiger charge is 2.56. The van der Waals surface area contributed by atoms with Gasteiger partial charge in [0.2, 0.25) is 5.91 Å². The molecule has 8 nitrogen and oxygen atoms in total. The Morgan fingerprint density at radius 3 is 2.31 bits per heavy atom. The number of aromatic hydroxyl groups is 1. The molecule has 8 heteroatoms. The molecule has 0 aromatic heterocycles. The van der Waals surface area contributed by atoms with Crippen LogP contribution in [0.1, 0.15) is 47.4 Å². The van der Waals surface area contributed by atoms with Crippen LogP contribution in [0.25, 0.3) is 0 Å². The van der Waals surface area contributed by atoms with Crippen molar-refractivity contribution in [3.8, 4) is 11.5 Å². The SMILES string of the molecule is CCOC(=O)c1ccc(N2C(=O)C3NNC(c4ccc(OCC)cc4)C3C2c2cccc(O)c2)cc1. The number of carbonyl (C=O) groups is 2. The molecular formula is C28H29N3O5. The Morgan fingerprint density at radius 2 is 1.64 bits per heavy atom. The highest BCUT2D eigenvalue weighted by molar-refractivity contribution is 6.02. The average molecular weight is 488 g/mol. The first kappa shape index (κ1) is 23.8. The van der Waals surface area contributed by atoms with Crippen LogP contribution in [0, 0.1) is 5.92 Å². The molecule has 5 rings (SSSR count). The van der Waals surface area contributed by atoms with Crippen molar-refractivity contribution in [1.82, 2.24) is 10.9 Å². The average Bonchev–Trinajstić information content (AvgIpc) is 3.44. The smallest absolute Gasteiger partial charge is 0.338 e. The number of carbonyl (C=O) groups excluding carboxylic acids is 2. The van der Waals surface area contributed by atoms with Gasteiger partial charge in [-0.15, -0.1) is 0 Å². The fourth-order valence-electron chi connectivity index (χ4n) is 5.20. The number of amides is 1. The molecule has 2 aliphatic heterocycles. The van der Waals surface area contributed by atoms with Crippen LogP contribution in [-0.4, -0.2) is 36.2 Å². The first-order valence-electron chi connectivity index (χ1n) is 12.1. The summed E-state index contributed by atoms with van der Waals surface area (Å²) in [6, 6.07) is 20.8. The third-order valence-corrected chi connectivity index (χ3v) is 6.73. The van der Waals surface area contributed by atoms with Crippen molar-refractivity contribution >= 4 is 17.6 Å². The van der Waals surface area contributed by atoms with E-state index >= 15 is 0 Å². The van der Waals surface area contributed by atoms with E-state index in [1.54, 1.807) is 54.3 Å². The van der Waals surface area contributed by atoms with E-state index in [2.05, 4.69) is 10.9 Å². The van der Waals surface area contributed by atoms with Gasteiger partial charge in [0.25, 0.3) is 0 Å². The monoisotopic (exact) mass is 487 g/mol. The molecule has 0 bridgehead atoms. The number of rotatable bonds is 7. The number of esters is 1. The van der Waals surface area contributed by atoms with Crippen LogP contribution in [0.4, 0.5) is 5.69 Å². The molecule has 186 valence electrons. The molecule has 3 aromatic rings. The van der Waals surface area contributed by atoms with Crippen LogP contribution in [0.15, 0.2) is 72.8 Å². The zero-order chi connectivity index (χ0) is 25.2. The predicted molar refractivity (Wildman–Crippen MR) is 135 cm³/mol. The van der Waals surface area contributed by atoms with Gasteiger partial charge >= 0.3 is 5.97 Å². The van der Waals surface area contributed by atoms with Gasteiger partial charge in [0, 0.05) is 11.6 Å². The zero-order valence-electron chi connectivity index (χ0n) is 20.2. The summed E-state index contributed by atoms with van der Waals surface area (Å²) >= 11 is 0. The van der Waals surface area contributed by atoms with Crippen molar-refractivity contribution in [3.05, 3.63) is 89.5 Å². The lowest BCUT2D eigenvalue weighted by Gasteiger charge is -2.31. The Labute approximate surface area is 209 Å². The first-order valence-corrected chi connectivity index (χ1v) is 12.1. The van der Waals surface area contributed by atoms with Gasteiger partial charge in [-0.3, -0.25) is 4.79 Å². The molecule has 4 unspecified atom stereocenters. The number of anilines is 1. The van der Waals surface area contributed by atoms with Gasteiger partial charge in [0.05, 0.1) is 30.9 Å². The number of hydrazine groups is 1. The van der Waals surface area contributed by atoms with Gasteiger partial charge in [0.1, 0.15) is 17.5 Å². The number of nitrogens with zero attached hydrogens (tertiary/aromatic N) is 1. The lowest BCUT2D eigenvalue weighted by molar-refractivity contribution is -0.119. The van der Waals surface area contributed by atoms with Crippen LogP contribution in [0.2, 0.25) is 0 Å². The van der Waals surface area contributed by atoms with Crippen molar-refractivity contribution in [2.75, 3.05) is 18.1 Å². The molecule has 3 aromatic carbocycles. The molecule has 2 heterocycles. The molecule has 1 amide bonds. The number of hydrogen-bond donors (Lipinski definition) is 3. The Hall–Kier alpha value is -3.88. The van der Waals surface area contributed by atoms with E-state index < -0.39 is 12.0 Å². The fraction of sp³-hybridized carbons (Fsp3) is 0.286. The van der Waals surface area contributed by atoms with Crippen molar-refractivity contribution in [2.45, 2.75) is 32.0 Å². The van der Waals surface area contributed by atoms with E-state index in [-0.39, 0.29) is 29.7 Å². The van der Waals surface area contributed by atoms with Gasteiger partial charge in [0.15, 0.2) is 0 Å². The van der Waals surface area contributed by atoms with Gasteiger partial charge < -0.3 is 19.5 Å². The minimum absolute atomic E-state index is 0.0850. The van der Waals surface area contributed by atoms with Gasteiger partial charge in [-0.25, -0.2) is 15.6 Å². The summed E-state index contributed by atoms with van der Waals surface area (Å²) in [5, 5.41) is 10.2. The second kappa shape index (κ2) is 10.0. The molecule has 4 atom stereocenters. The topological polar surface area (TPSA) is 100 Å². The van der Waals surface area contributed by atoms with Crippen LogP contribution < -0.4 is 20.5 Å². The number of benzene rings is 3. The van der Waals surface area contributed by atoms with Gasteiger partial charge in [-0.05, 0) is 73.5 Å². The zero-order valence-corrected chi connectivity index (χ0v) is 20.2. The molecular weight excluding hydrogens is 458 g/mol. The normalized spacial score (nSPS) is 22.9. The molecule has 0 aliphatic carbocycles. The van der Waals surface area contributed by atoms with E-state index in [9.17, 15) is 14.7 Å². The van der Waals surface area contributed by atoms with Crippen molar-refractivity contribution in [1.29, 1.82) is 0 Å². The second-order valence-corrected chi connectivity index (χ2v) is 8.84. The summed E-state index contributed by atoms with van der Waals surface area (Å²) in [7, 11) is 0. The maximum atomic E-state index is 13.7. The fourth-order valence-corrected chi connectivity index (χ4v) is 5.20. The summed E-state index contributed by atoms with van der Waals surface area (Å²) in [6.45, 7) is 4.58. The quantitative estimate of drug-likeness (QED) is 0.435. The molecule has 2 aliphatic rings. The van der Waals surface area contributed by atoms with Crippen LogP contribution in [0.3, 0.4) is 0 Å². The molecule has 3 N–H and O–H groups in total. The Morgan fingerprint density at radius 1 is 0.917 bits per heavy atom. The lowest BCUT2D eigenvalue weighted by Crippen LogP contribution is -2.41. The third kappa shape index (κ3) is 4.29. The summed E-state index contributed by atoms with van der Waals surface area (Å²) in [4.78, 5) is 27.6. The minimum Gasteiger partial charge on any atom is -0.508 e. The minimum atomic E-state index is -0.473. The number of hydrogen-bond acceptors (Lipinski definition) is 7. The molecule has 0 saturated carbocycles. The number of fused-ring (bicyclic) bond motifs is 1. The highest BCUT2D eigenvalue weighted by Crippen LogP contribution is 2.49. The van der Waals surface area contributed by atoms with E-state index in [4.69, 9.17) is 9.47 Å². The summed E-state index contributed by atoms with van der Waals surface area (Å²) in [5.74, 6) is 0.274. The number of ether oxygens (including phenoxy) is 2. The van der Waals surface area contributed by atoms with Crippen LogP contribution in [-0.2, 0) is 9.53 Å². The maximum Gasteiger partial charge on any atom is 0.338 e. The number of phenolic OH excluding ortho intramolecular Hbond substituents is 1. The van der Waals surface area contributed by atoms with Crippen molar-refractivity contribution in [3.63, 3.8) is 0 Å². The Balaban J connectivity index is 1.54. The molecule has 2 saturated heterocycles. The summed E-state index contributed by atoms with van der Waals surface area (Å²) < 4.78 is 10.7. The van der Waals surface area contributed by atoms with Crippen molar-refractivity contribution in [2.24, 2.45) is 5.92 Å². The van der Waals surface area contributed by atoms with E-state index in [1.807, 2.05) is 37.3 Å². The summed E-state index contributed by atoms with van der Waals surface area (Å²) in [6.07, 6.45) is 0. The second-order valence-electron chi connectivity index (χ2n) is 8.84. The van der Waals surface area contributed by atoms with Crippen LogP contribution >= 0.6 is 0 Å². The van der Waals surface area contributed by atoms with E-state index in [1.165, 1.54) is 0 Å². The van der Waals surface area contributed by atoms with E-state index in [0.29, 0.717) is 24.5 Å².